The highest BCUT2D eigenvalue weighted by Gasteiger charge is 2.18. The summed E-state index contributed by atoms with van der Waals surface area (Å²) in [6, 6.07) is 14.7. The van der Waals surface area contributed by atoms with Crippen molar-refractivity contribution in [3.8, 4) is 6.07 Å². The van der Waals surface area contributed by atoms with Crippen LogP contribution in [0.2, 0.25) is 0 Å². The van der Waals surface area contributed by atoms with Crippen LogP contribution in [0, 0.1) is 11.3 Å². The first-order valence-corrected chi connectivity index (χ1v) is 10.2. The van der Waals surface area contributed by atoms with E-state index in [0.717, 1.165) is 18.4 Å². The molecule has 0 radical (unpaired) electrons. The first-order valence-electron chi connectivity index (χ1n) is 8.57. The van der Waals surface area contributed by atoms with Gasteiger partial charge in [0.05, 0.1) is 17.4 Å². The van der Waals surface area contributed by atoms with Crippen molar-refractivity contribution >= 4 is 10.0 Å². The van der Waals surface area contributed by atoms with Crippen molar-refractivity contribution in [1.82, 2.24) is 4.72 Å². The molecule has 1 N–H and O–H groups in total. The second-order valence-corrected chi connectivity index (χ2v) is 8.40. The molecule has 0 aromatic heterocycles. The number of hydrogen-bond acceptors (Lipinski definition) is 3. The normalized spacial score (nSPS) is 15.2. The molecule has 0 bridgehead atoms. The van der Waals surface area contributed by atoms with Crippen LogP contribution < -0.4 is 4.72 Å². The van der Waals surface area contributed by atoms with E-state index in [1.165, 1.54) is 24.0 Å². The molecule has 130 valence electrons. The van der Waals surface area contributed by atoms with E-state index in [1.807, 2.05) is 19.1 Å². The molecule has 1 aliphatic carbocycles. The Bertz CT molecular complexity index is 896. The van der Waals surface area contributed by atoms with E-state index in [0.29, 0.717) is 11.1 Å². The van der Waals surface area contributed by atoms with Gasteiger partial charge in [0, 0.05) is 6.04 Å². The molecule has 5 heteroatoms. The standard InChI is InChI=1S/C20H22N2O2S/c1-15(19-11-10-18-4-2-3-5-20(18)12-19)22-25(23,24)14-17-8-6-16(13-21)7-9-17/h6-12,15,22H,2-5,14H2,1H3/t15-/m0/s1. The van der Waals surface area contributed by atoms with Crippen molar-refractivity contribution in [2.45, 2.75) is 44.4 Å². The van der Waals surface area contributed by atoms with Gasteiger partial charge in [0.1, 0.15) is 0 Å². The fourth-order valence-electron chi connectivity index (χ4n) is 3.30. The van der Waals surface area contributed by atoms with Crippen LogP contribution in [0.25, 0.3) is 0 Å². The summed E-state index contributed by atoms with van der Waals surface area (Å²) in [5.41, 5.74) is 4.94. The molecule has 4 nitrogen and oxygen atoms in total. The SMILES string of the molecule is C[C@H](NS(=O)(=O)Cc1ccc(C#N)cc1)c1ccc2c(c1)CCCC2. The van der Waals surface area contributed by atoms with Gasteiger partial charge in [0.2, 0.25) is 10.0 Å². The fourth-order valence-corrected chi connectivity index (χ4v) is 4.69. The van der Waals surface area contributed by atoms with Gasteiger partial charge in [0.25, 0.3) is 0 Å². The van der Waals surface area contributed by atoms with Crippen molar-refractivity contribution in [2.24, 2.45) is 0 Å². The lowest BCUT2D eigenvalue weighted by molar-refractivity contribution is 0.565. The molecule has 0 aliphatic heterocycles. The molecule has 3 rings (SSSR count). The molecule has 0 amide bonds. The summed E-state index contributed by atoms with van der Waals surface area (Å²) in [6.07, 6.45) is 4.64. The minimum Gasteiger partial charge on any atom is -0.212 e. The van der Waals surface area contributed by atoms with Crippen molar-refractivity contribution in [3.63, 3.8) is 0 Å². The van der Waals surface area contributed by atoms with E-state index in [2.05, 4.69) is 16.9 Å². The van der Waals surface area contributed by atoms with Gasteiger partial charge in [-0.1, -0.05) is 30.3 Å². The van der Waals surface area contributed by atoms with E-state index in [4.69, 9.17) is 5.26 Å². The Labute approximate surface area is 149 Å². The minimum atomic E-state index is -3.46. The number of sulfonamides is 1. The molecule has 2 aromatic rings. The molecule has 0 saturated heterocycles. The zero-order valence-electron chi connectivity index (χ0n) is 14.3. The maximum Gasteiger partial charge on any atom is 0.216 e. The predicted octanol–water partition coefficient (Wildman–Crippen LogP) is 3.62. The molecule has 0 unspecified atom stereocenters. The number of hydrogen-bond donors (Lipinski definition) is 1. The fraction of sp³-hybridized carbons (Fsp3) is 0.350. The average molecular weight is 354 g/mol. The maximum absolute atomic E-state index is 12.5. The van der Waals surface area contributed by atoms with E-state index in [1.54, 1.807) is 24.3 Å². The molecule has 0 fully saturated rings. The van der Waals surface area contributed by atoms with Crippen LogP contribution in [0.5, 0.6) is 0 Å². The van der Waals surface area contributed by atoms with Gasteiger partial charge in [-0.2, -0.15) is 5.26 Å². The summed E-state index contributed by atoms with van der Waals surface area (Å²) < 4.78 is 27.7. The molecular formula is C20H22N2O2S. The van der Waals surface area contributed by atoms with Gasteiger partial charge >= 0.3 is 0 Å². The smallest absolute Gasteiger partial charge is 0.212 e. The van der Waals surface area contributed by atoms with E-state index >= 15 is 0 Å². The Morgan fingerprint density at radius 1 is 1.08 bits per heavy atom. The van der Waals surface area contributed by atoms with Crippen LogP contribution in [0.3, 0.4) is 0 Å². The van der Waals surface area contributed by atoms with Gasteiger partial charge in [-0.25, -0.2) is 13.1 Å². The number of nitrogens with zero attached hydrogens (tertiary/aromatic N) is 1. The molecule has 0 spiro atoms. The summed E-state index contributed by atoms with van der Waals surface area (Å²) in [4.78, 5) is 0. The quantitative estimate of drug-likeness (QED) is 0.891. The van der Waals surface area contributed by atoms with Gasteiger partial charge in [-0.05, 0) is 67.0 Å². The summed E-state index contributed by atoms with van der Waals surface area (Å²) >= 11 is 0. The first-order chi connectivity index (χ1) is 12.0. The van der Waals surface area contributed by atoms with E-state index in [-0.39, 0.29) is 11.8 Å². The number of nitriles is 1. The summed E-state index contributed by atoms with van der Waals surface area (Å²) in [6.45, 7) is 1.88. The molecule has 25 heavy (non-hydrogen) atoms. The van der Waals surface area contributed by atoms with Crippen molar-refractivity contribution in [2.75, 3.05) is 0 Å². The summed E-state index contributed by atoms with van der Waals surface area (Å²) in [5.74, 6) is -0.0893. The second kappa shape index (κ2) is 7.38. The Morgan fingerprint density at radius 2 is 1.76 bits per heavy atom. The van der Waals surface area contributed by atoms with E-state index in [9.17, 15) is 8.42 Å². The third-order valence-electron chi connectivity index (χ3n) is 4.67. The lowest BCUT2D eigenvalue weighted by Gasteiger charge is -2.20. The molecule has 0 saturated carbocycles. The molecule has 0 heterocycles. The van der Waals surface area contributed by atoms with Gasteiger partial charge < -0.3 is 0 Å². The van der Waals surface area contributed by atoms with Crippen LogP contribution in [0.1, 0.15) is 53.6 Å². The minimum absolute atomic E-state index is 0.0893. The monoisotopic (exact) mass is 354 g/mol. The molecule has 1 atom stereocenters. The van der Waals surface area contributed by atoms with Crippen molar-refractivity contribution in [1.29, 1.82) is 5.26 Å². The first kappa shape index (κ1) is 17.7. The highest BCUT2D eigenvalue weighted by Crippen LogP contribution is 2.25. The second-order valence-electron chi connectivity index (χ2n) is 6.64. The highest BCUT2D eigenvalue weighted by atomic mass is 32.2. The Balaban J connectivity index is 1.70. The van der Waals surface area contributed by atoms with Crippen LogP contribution >= 0.6 is 0 Å². The maximum atomic E-state index is 12.5. The van der Waals surface area contributed by atoms with Gasteiger partial charge in [0.15, 0.2) is 0 Å². The zero-order valence-corrected chi connectivity index (χ0v) is 15.1. The largest absolute Gasteiger partial charge is 0.216 e. The topological polar surface area (TPSA) is 70.0 Å². The third kappa shape index (κ3) is 4.47. The third-order valence-corrected chi connectivity index (χ3v) is 6.09. The Morgan fingerprint density at radius 3 is 2.44 bits per heavy atom. The van der Waals surface area contributed by atoms with Crippen molar-refractivity contribution in [3.05, 3.63) is 70.3 Å². The lowest BCUT2D eigenvalue weighted by Crippen LogP contribution is -2.28. The number of aryl methyl sites for hydroxylation is 2. The summed E-state index contributed by atoms with van der Waals surface area (Å²) in [5, 5.41) is 8.81. The van der Waals surface area contributed by atoms with Crippen LogP contribution in [0.15, 0.2) is 42.5 Å². The Hall–Kier alpha value is -2.16. The van der Waals surface area contributed by atoms with Crippen LogP contribution in [-0.4, -0.2) is 8.42 Å². The molecule has 1 aliphatic rings. The number of rotatable bonds is 5. The van der Waals surface area contributed by atoms with Crippen molar-refractivity contribution < 1.29 is 8.42 Å². The van der Waals surface area contributed by atoms with Gasteiger partial charge in [-0.15, -0.1) is 0 Å². The predicted molar refractivity (Wildman–Crippen MR) is 98.4 cm³/mol. The number of fused-ring (bicyclic) bond motifs is 1. The van der Waals surface area contributed by atoms with Crippen LogP contribution in [-0.2, 0) is 28.6 Å². The summed E-state index contributed by atoms with van der Waals surface area (Å²) in [7, 11) is -3.46. The highest BCUT2D eigenvalue weighted by molar-refractivity contribution is 7.88. The zero-order chi connectivity index (χ0) is 17.9. The molecule has 2 aromatic carbocycles. The van der Waals surface area contributed by atoms with Crippen LogP contribution in [0.4, 0.5) is 0 Å². The number of nitrogens with one attached hydrogen (secondary N) is 1. The number of benzene rings is 2. The Kier molecular flexibility index (Phi) is 5.22. The lowest BCUT2D eigenvalue weighted by atomic mass is 9.89. The molecular weight excluding hydrogens is 332 g/mol. The van der Waals surface area contributed by atoms with Gasteiger partial charge in [-0.3, -0.25) is 0 Å². The average Bonchev–Trinajstić information content (AvgIpc) is 2.61. The van der Waals surface area contributed by atoms with E-state index < -0.39 is 10.0 Å².